The van der Waals surface area contributed by atoms with Gasteiger partial charge >= 0.3 is 5.97 Å². The number of carboxylic acids is 1. The summed E-state index contributed by atoms with van der Waals surface area (Å²) in [5.41, 5.74) is 0.706. The molecule has 2 N–H and O–H groups in total. The smallest absolute Gasteiger partial charge is 0.310 e. The number of rotatable bonds is 9. The summed E-state index contributed by atoms with van der Waals surface area (Å²) in [7, 11) is 0. The van der Waals surface area contributed by atoms with E-state index in [1.54, 1.807) is 0 Å². The zero-order valence-electron chi connectivity index (χ0n) is 12.9. The highest BCUT2D eigenvalue weighted by atomic mass is 16.4. The van der Waals surface area contributed by atoms with Crippen molar-refractivity contribution in [2.75, 3.05) is 6.54 Å². The maximum Gasteiger partial charge on any atom is 0.310 e. The maximum absolute atomic E-state index is 11.4. The Kier molecular flexibility index (Phi) is 6.73. The third-order valence-corrected chi connectivity index (χ3v) is 4.30. The first kappa shape index (κ1) is 16.7. The quantitative estimate of drug-likeness (QED) is 0.726. The predicted molar refractivity (Wildman–Crippen MR) is 82.9 cm³/mol. The number of aryl methyl sites for hydroxylation is 1. The Morgan fingerprint density at radius 3 is 2.35 bits per heavy atom. The Balaban J connectivity index is 2.42. The molecular weight excluding hydrogens is 250 g/mol. The standard InChI is InChI=1S/C17H27NO2/c1-4-17(5-2,16(19)20)13-18-14(3)11-12-15-9-7-6-8-10-15/h6-10,14,18H,4-5,11-13H2,1-3H3,(H,19,20). The van der Waals surface area contributed by atoms with Crippen molar-refractivity contribution in [1.82, 2.24) is 5.32 Å². The molecule has 0 heterocycles. The van der Waals surface area contributed by atoms with Gasteiger partial charge in [0, 0.05) is 12.6 Å². The normalized spacial score (nSPS) is 13.2. The fraction of sp³-hybridized carbons (Fsp3) is 0.588. The number of hydrogen-bond acceptors (Lipinski definition) is 2. The first-order valence-corrected chi connectivity index (χ1v) is 7.54. The van der Waals surface area contributed by atoms with E-state index in [2.05, 4.69) is 36.5 Å². The molecule has 1 rings (SSSR count). The average molecular weight is 277 g/mol. The van der Waals surface area contributed by atoms with Crippen LogP contribution in [0.25, 0.3) is 0 Å². The lowest BCUT2D eigenvalue weighted by Crippen LogP contribution is -2.43. The Bertz CT molecular complexity index is 399. The van der Waals surface area contributed by atoms with Gasteiger partial charge < -0.3 is 10.4 Å². The van der Waals surface area contributed by atoms with Crippen LogP contribution in [0, 0.1) is 5.41 Å². The molecule has 0 amide bonds. The highest BCUT2D eigenvalue weighted by Gasteiger charge is 2.34. The molecule has 1 aromatic carbocycles. The van der Waals surface area contributed by atoms with Crippen molar-refractivity contribution in [2.45, 2.75) is 52.5 Å². The van der Waals surface area contributed by atoms with Crippen LogP contribution in [0.5, 0.6) is 0 Å². The van der Waals surface area contributed by atoms with Crippen LogP contribution in [0.1, 0.15) is 45.6 Å². The van der Waals surface area contributed by atoms with Crippen LogP contribution in [0.15, 0.2) is 30.3 Å². The summed E-state index contributed by atoms with van der Waals surface area (Å²) in [5.74, 6) is -0.690. The lowest BCUT2D eigenvalue weighted by atomic mass is 9.82. The van der Waals surface area contributed by atoms with Gasteiger partial charge in [0.2, 0.25) is 0 Å². The molecule has 3 heteroatoms. The molecule has 0 spiro atoms. The molecule has 0 bridgehead atoms. The summed E-state index contributed by atoms with van der Waals surface area (Å²) in [5, 5.41) is 12.8. The minimum Gasteiger partial charge on any atom is -0.481 e. The highest BCUT2D eigenvalue weighted by Crippen LogP contribution is 2.26. The third kappa shape index (κ3) is 4.64. The number of hydrogen-bond donors (Lipinski definition) is 2. The minimum absolute atomic E-state index is 0.326. The number of nitrogens with one attached hydrogen (secondary N) is 1. The highest BCUT2D eigenvalue weighted by molar-refractivity contribution is 5.74. The minimum atomic E-state index is -0.690. The maximum atomic E-state index is 11.4. The number of benzene rings is 1. The molecule has 1 atom stereocenters. The van der Waals surface area contributed by atoms with Crippen molar-refractivity contribution < 1.29 is 9.90 Å². The van der Waals surface area contributed by atoms with Crippen LogP contribution in [0.3, 0.4) is 0 Å². The molecule has 0 aromatic heterocycles. The van der Waals surface area contributed by atoms with Crippen LogP contribution in [0.4, 0.5) is 0 Å². The SMILES string of the molecule is CCC(CC)(CNC(C)CCc1ccccc1)C(=O)O. The molecule has 0 saturated carbocycles. The first-order valence-electron chi connectivity index (χ1n) is 7.54. The molecule has 0 radical (unpaired) electrons. The Morgan fingerprint density at radius 2 is 1.85 bits per heavy atom. The van der Waals surface area contributed by atoms with Gasteiger partial charge in [-0.05, 0) is 38.2 Å². The lowest BCUT2D eigenvalue weighted by Gasteiger charge is -2.28. The molecule has 1 aromatic rings. The van der Waals surface area contributed by atoms with Crippen LogP contribution < -0.4 is 5.32 Å². The molecule has 112 valence electrons. The van der Waals surface area contributed by atoms with Crippen molar-refractivity contribution in [1.29, 1.82) is 0 Å². The summed E-state index contributed by atoms with van der Waals surface area (Å²) in [6.07, 6.45) is 3.37. The summed E-state index contributed by atoms with van der Waals surface area (Å²) in [6, 6.07) is 10.7. The van der Waals surface area contributed by atoms with Crippen LogP contribution in [-0.2, 0) is 11.2 Å². The van der Waals surface area contributed by atoms with Gasteiger partial charge in [0.1, 0.15) is 0 Å². The lowest BCUT2D eigenvalue weighted by molar-refractivity contribution is -0.149. The second-order valence-electron chi connectivity index (χ2n) is 5.60. The molecule has 3 nitrogen and oxygen atoms in total. The molecule has 0 aliphatic rings. The van der Waals surface area contributed by atoms with Gasteiger partial charge in [-0.15, -0.1) is 0 Å². The van der Waals surface area contributed by atoms with E-state index in [1.807, 2.05) is 19.9 Å². The molecule has 20 heavy (non-hydrogen) atoms. The van der Waals surface area contributed by atoms with E-state index in [-0.39, 0.29) is 0 Å². The Labute approximate surface area is 122 Å². The summed E-state index contributed by atoms with van der Waals surface area (Å²) < 4.78 is 0. The summed E-state index contributed by atoms with van der Waals surface area (Å²) >= 11 is 0. The Hall–Kier alpha value is -1.35. The van der Waals surface area contributed by atoms with Gasteiger partial charge in [-0.2, -0.15) is 0 Å². The molecule has 0 aliphatic heterocycles. The number of carboxylic acid groups (broad SMARTS) is 1. The van der Waals surface area contributed by atoms with Gasteiger partial charge in [0.25, 0.3) is 0 Å². The second kappa shape index (κ2) is 8.05. The van der Waals surface area contributed by atoms with E-state index in [0.717, 1.165) is 12.8 Å². The number of carbonyl (C=O) groups is 1. The van der Waals surface area contributed by atoms with Crippen molar-refractivity contribution in [2.24, 2.45) is 5.41 Å². The van der Waals surface area contributed by atoms with Crippen molar-refractivity contribution in [3.8, 4) is 0 Å². The van der Waals surface area contributed by atoms with E-state index in [1.165, 1.54) is 5.56 Å². The van der Waals surface area contributed by atoms with Gasteiger partial charge in [0.05, 0.1) is 5.41 Å². The third-order valence-electron chi connectivity index (χ3n) is 4.30. The summed E-state index contributed by atoms with van der Waals surface area (Å²) in [6.45, 7) is 6.58. The van der Waals surface area contributed by atoms with E-state index in [9.17, 15) is 9.90 Å². The van der Waals surface area contributed by atoms with Crippen LogP contribution >= 0.6 is 0 Å². The second-order valence-corrected chi connectivity index (χ2v) is 5.60. The van der Waals surface area contributed by atoms with Crippen LogP contribution in [-0.4, -0.2) is 23.7 Å². The Morgan fingerprint density at radius 1 is 1.25 bits per heavy atom. The molecule has 0 aliphatic carbocycles. The molecule has 0 fully saturated rings. The predicted octanol–water partition coefficient (Wildman–Crippen LogP) is 3.49. The van der Waals surface area contributed by atoms with E-state index < -0.39 is 11.4 Å². The van der Waals surface area contributed by atoms with Crippen molar-refractivity contribution in [3.63, 3.8) is 0 Å². The van der Waals surface area contributed by atoms with E-state index in [4.69, 9.17) is 0 Å². The van der Waals surface area contributed by atoms with Gasteiger partial charge in [0.15, 0.2) is 0 Å². The topological polar surface area (TPSA) is 49.3 Å². The fourth-order valence-electron chi connectivity index (χ4n) is 2.38. The van der Waals surface area contributed by atoms with Crippen LogP contribution in [0.2, 0.25) is 0 Å². The van der Waals surface area contributed by atoms with Gasteiger partial charge in [-0.3, -0.25) is 4.79 Å². The largest absolute Gasteiger partial charge is 0.481 e. The molecule has 0 saturated heterocycles. The van der Waals surface area contributed by atoms with Crippen molar-refractivity contribution >= 4 is 5.97 Å². The van der Waals surface area contributed by atoms with E-state index >= 15 is 0 Å². The zero-order chi connectivity index (χ0) is 15.0. The van der Waals surface area contributed by atoms with Gasteiger partial charge in [-0.1, -0.05) is 44.2 Å². The fourth-order valence-corrected chi connectivity index (χ4v) is 2.38. The van der Waals surface area contributed by atoms with E-state index in [0.29, 0.717) is 25.4 Å². The first-order chi connectivity index (χ1) is 9.54. The zero-order valence-corrected chi connectivity index (χ0v) is 12.9. The average Bonchev–Trinajstić information content (AvgIpc) is 2.47. The van der Waals surface area contributed by atoms with Gasteiger partial charge in [-0.25, -0.2) is 0 Å². The number of aliphatic carboxylic acids is 1. The van der Waals surface area contributed by atoms with Crippen molar-refractivity contribution in [3.05, 3.63) is 35.9 Å². The molecular formula is C17H27NO2. The monoisotopic (exact) mass is 277 g/mol. The molecule has 1 unspecified atom stereocenters. The summed E-state index contributed by atoms with van der Waals surface area (Å²) in [4.78, 5) is 11.4.